The molecule has 0 unspecified atom stereocenters. The monoisotopic (exact) mass is 396 g/mol. The number of amides is 2. The largest absolute Gasteiger partial charge is 0.448 e. The van der Waals surface area contributed by atoms with Gasteiger partial charge in [0.15, 0.2) is 12.1 Å². The highest BCUT2D eigenvalue weighted by molar-refractivity contribution is 5.93. The molecule has 4 rings (SSSR count). The van der Waals surface area contributed by atoms with Gasteiger partial charge in [-0.25, -0.2) is 4.98 Å². The van der Waals surface area contributed by atoms with E-state index in [4.69, 9.17) is 4.42 Å². The summed E-state index contributed by atoms with van der Waals surface area (Å²) >= 11 is 0. The number of hydrogen-bond acceptors (Lipinski definition) is 5. The smallest absolute Gasteiger partial charge is 0.276 e. The van der Waals surface area contributed by atoms with Crippen molar-refractivity contribution in [2.75, 3.05) is 40.3 Å². The molecule has 2 aliphatic heterocycles. The number of aryl methyl sites for hydroxylation is 2. The van der Waals surface area contributed by atoms with Gasteiger partial charge in [0.05, 0.1) is 12.6 Å². The fourth-order valence-corrected chi connectivity index (χ4v) is 4.81. The van der Waals surface area contributed by atoms with E-state index in [1.54, 1.807) is 6.92 Å². The maximum atomic E-state index is 13.0. The number of fused-ring (bicyclic) bond motifs is 1. The second-order valence-corrected chi connectivity index (χ2v) is 8.48. The number of nitrogens with zero attached hydrogens (tertiary/aromatic N) is 4. The van der Waals surface area contributed by atoms with Gasteiger partial charge in [0, 0.05) is 31.5 Å². The number of likely N-dealkylation sites (N-methyl/N-ethyl adjacent to an activating group) is 1. The molecule has 2 amide bonds. The zero-order chi connectivity index (χ0) is 20.7. The normalized spacial score (nSPS) is 23.7. The molecular weight excluding hydrogens is 368 g/mol. The number of carbonyl (C=O) groups is 2. The fourth-order valence-electron chi connectivity index (χ4n) is 4.81. The standard InChI is InChI=1S/C22H28N4O3/c1-14-7-5-6-8-17(14)21-18-11-25(22(28)20-15(2)29-13-23-20)9-16(18)10-26(21)19(27)12-24(3)4/h5-8,13,16,18,21H,9-12H2,1-4H3/t16-,18-,21+/m1/s1. The summed E-state index contributed by atoms with van der Waals surface area (Å²) < 4.78 is 5.21. The lowest BCUT2D eigenvalue weighted by atomic mass is 9.87. The van der Waals surface area contributed by atoms with Crippen molar-refractivity contribution in [2.24, 2.45) is 11.8 Å². The van der Waals surface area contributed by atoms with Crippen molar-refractivity contribution in [2.45, 2.75) is 19.9 Å². The topological polar surface area (TPSA) is 69.9 Å². The molecule has 2 fully saturated rings. The van der Waals surface area contributed by atoms with Crippen molar-refractivity contribution in [1.82, 2.24) is 19.7 Å². The van der Waals surface area contributed by atoms with E-state index in [1.807, 2.05) is 40.9 Å². The van der Waals surface area contributed by atoms with Crippen molar-refractivity contribution < 1.29 is 14.0 Å². The molecule has 0 spiro atoms. The Balaban J connectivity index is 1.62. The molecule has 2 aliphatic rings. The molecule has 0 radical (unpaired) electrons. The third-order valence-corrected chi connectivity index (χ3v) is 6.18. The summed E-state index contributed by atoms with van der Waals surface area (Å²) in [5.41, 5.74) is 2.75. The third-order valence-electron chi connectivity index (χ3n) is 6.18. The van der Waals surface area contributed by atoms with Crippen LogP contribution in [0.5, 0.6) is 0 Å². The van der Waals surface area contributed by atoms with E-state index in [0.717, 1.165) is 0 Å². The Bertz CT molecular complexity index is 922. The summed E-state index contributed by atoms with van der Waals surface area (Å²) in [4.78, 5) is 35.9. The van der Waals surface area contributed by atoms with E-state index in [0.29, 0.717) is 37.6 Å². The lowest BCUT2D eigenvalue weighted by Crippen LogP contribution is -2.41. The lowest BCUT2D eigenvalue weighted by Gasteiger charge is -2.31. The van der Waals surface area contributed by atoms with Crippen LogP contribution in [0, 0.1) is 25.7 Å². The van der Waals surface area contributed by atoms with Crippen LogP contribution < -0.4 is 0 Å². The molecule has 0 N–H and O–H groups in total. The molecule has 3 heterocycles. The van der Waals surface area contributed by atoms with Gasteiger partial charge >= 0.3 is 0 Å². The van der Waals surface area contributed by atoms with Gasteiger partial charge in [0.2, 0.25) is 5.91 Å². The van der Waals surface area contributed by atoms with Crippen LogP contribution >= 0.6 is 0 Å². The summed E-state index contributed by atoms with van der Waals surface area (Å²) in [5, 5.41) is 0. The summed E-state index contributed by atoms with van der Waals surface area (Å²) in [5.74, 6) is 1.09. The van der Waals surface area contributed by atoms with Crippen LogP contribution in [0.1, 0.15) is 33.4 Å². The van der Waals surface area contributed by atoms with E-state index >= 15 is 0 Å². The van der Waals surface area contributed by atoms with Crippen LogP contribution in [0.25, 0.3) is 0 Å². The van der Waals surface area contributed by atoms with Gasteiger partial charge in [0.1, 0.15) is 5.76 Å². The molecule has 0 bridgehead atoms. The Morgan fingerprint density at radius 3 is 2.59 bits per heavy atom. The van der Waals surface area contributed by atoms with Gasteiger partial charge in [-0.2, -0.15) is 0 Å². The van der Waals surface area contributed by atoms with Crippen molar-refractivity contribution in [3.8, 4) is 0 Å². The average molecular weight is 396 g/mol. The van der Waals surface area contributed by atoms with Gasteiger partial charge in [0.25, 0.3) is 5.91 Å². The van der Waals surface area contributed by atoms with Gasteiger partial charge in [-0.15, -0.1) is 0 Å². The van der Waals surface area contributed by atoms with Crippen LogP contribution in [0.3, 0.4) is 0 Å². The molecule has 0 saturated carbocycles. The van der Waals surface area contributed by atoms with Crippen molar-refractivity contribution in [3.63, 3.8) is 0 Å². The highest BCUT2D eigenvalue weighted by atomic mass is 16.3. The second kappa shape index (κ2) is 7.63. The third kappa shape index (κ3) is 3.55. The Morgan fingerprint density at radius 1 is 1.17 bits per heavy atom. The molecule has 2 aromatic rings. The molecule has 3 atom stereocenters. The van der Waals surface area contributed by atoms with E-state index in [2.05, 4.69) is 24.0 Å². The van der Waals surface area contributed by atoms with Gasteiger partial charge < -0.3 is 19.1 Å². The fraction of sp³-hybridized carbons (Fsp3) is 0.500. The Labute approximate surface area is 171 Å². The Hall–Kier alpha value is -2.67. The highest BCUT2D eigenvalue weighted by Crippen LogP contribution is 2.46. The maximum absolute atomic E-state index is 13.0. The second-order valence-electron chi connectivity index (χ2n) is 8.48. The number of benzene rings is 1. The first-order valence-electron chi connectivity index (χ1n) is 10.1. The van der Waals surface area contributed by atoms with Gasteiger partial charge in [-0.1, -0.05) is 24.3 Å². The molecule has 2 saturated heterocycles. The first-order valence-corrected chi connectivity index (χ1v) is 10.1. The van der Waals surface area contributed by atoms with Gasteiger partial charge in [-0.05, 0) is 39.1 Å². The molecular formula is C22H28N4O3. The summed E-state index contributed by atoms with van der Waals surface area (Å²) in [6, 6.07) is 8.25. The summed E-state index contributed by atoms with van der Waals surface area (Å²) in [6.45, 7) is 6.19. The zero-order valence-electron chi connectivity index (χ0n) is 17.5. The van der Waals surface area contributed by atoms with Crippen molar-refractivity contribution >= 4 is 11.8 Å². The molecule has 7 heteroatoms. The number of aromatic nitrogens is 1. The Morgan fingerprint density at radius 2 is 1.93 bits per heavy atom. The van der Waals surface area contributed by atoms with E-state index in [9.17, 15) is 9.59 Å². The SMILES string of the molecule is Cc1ccccc1[C@H]1[C@@H]2CN(C(=O)c3ncoc3C)C[C@@H]2CN1C(=O)CN(C)C. The first-order chi connectivity index (χ1) is 13.9. The van der Waals surface area contributed by atoms with Gasteiger partial charge in [-0.3, -0.25) is 9.59 Å². The van der Waals surface area contributed by atoms with E-state index in [-0.39, 0.29) is 29.7 Å². The number of likely N-dealkylation sites (tertiary alicyclic amines) is 2. The predicted molar refractivity (Wildman–Crippen MR) is 108 cm³/mol. The first kappa shape index (κ1) is 19.6. The quantitative estimate of drug-likeness (QED) is 0.792. The van der Waals surface area contributed by atoms with E-state index in [1.165, 1.54) is 17.5 Å². The van der Waals surface area contributed by atoms with Crippen molar-refractivity contribution in [3.05, 3.63) is 53.2 Å². The minimum absolute atomic E-state index is 0.00939. The van der Waals surface area contributed by atoms with Crippen LogP contribution in [0.4, 0.5) is 0 Å². The minimum atomic E-state index is -0.0830. The molecule has 29 heavy (non-hydrogen) atoms. The highest BCUT2D eigenvalue weighted by Gasteiger charge is 2.50. The number of rotatable bonds is 4. The molecule has 1 aromatic heterocycles. The predicted octanol–water partition coefficient (Wildman–Crippen LogP) is 2.12. The Kier molecular flexibility index (Phi) is 5.17. The van der Waals surface area contributed by atoms with Crippen LogP contribution in [-0.4, -0.2) is 71.8 Å². The van der Waals surface area contributed by atoms with Crippen LogP contribution in [0.2, 0.25) is 0 Å². The van der Waals surface area contributed by atoms with Crippen molar-refractivity contribution in [1.29, 1.82) is 0 Å². The van der Waals surface area contributed by atoms with Crippen LogP contribution in [-0.2, 0) is 4.79 Å². The van der Waals surface area contributed by atoms with Crippen LogP contribution in [0.15, 0.2) is 35.1 Å². The number of oxazole rings is 1. The molecule has 1 aromatic carbocycles. The minimum Gasteiger partial charge on any atom is -0.448 e. The molecule has 154 valence electrons. The number of carbonyl (C=O) groups excluding carboxylic acids is 2. The van der Waals surface area contributed by atoms with E-state index < -0.39 is 0 Å². The maximum Gasteiger partial charge on any atom is 0.276 e. The average Bonchev–Trinajstić information content (AvgIpc) is 3.35. The molecule has 0 aliphatic carbocycles. The zero-order valence-corrected chi connectivity index (χ0v) is 17.5. The number of hydrogen-bond donors (Lipinski definition) is 0. The summed E-state index contributed by atoms with van der Waals surface area (Å²) in [6.07, 6.45) is 1.32. The summed E-state index contributed by atoms with van der Waals surface area (Å²) in [7, 11) is 3.83. The molecule has 7 nitrogen and oxygen atoms in total. The lowest BCUT2D eigenvalue weighted by molar-refractivity contribution is -0.133.